The second-order valence-corrected chi connectivity index (χ2v) is 3.05. The van der Waals surface area contributed by atoms with Crippen molar-refractivity contribution in [2.45, 2.75) is 32.4 Å². The molecule has 0 aliphatic rings. The van der Waals surface area contributed by atoms with Crippen LogP contribution in [-0.4, -0.2) is 27.1 Å². The van der Waals surface area contributed by atoms with Gasteiger partial charge in [-0.15, -0.1) is 0 Å². The van der Waals surface area contributed by atoms with Crippen molar-refractivity contribution in [2.75, 3.05) is 0 Å². The van der Waals surface area contributed by atoms with Gasteiger partial charge in [0.05, 0.1) is 12.6 Å². The lowest BCUT2D eigenvalue weighted by molar-refractivity contribution is -0.122. The molecule has 0 radical (unpaired) electrons. The second-order valence-electron chi connectivity index (χ2n) is 3.05. The van der Waals surface area contributed by atoms with Crippen molar-refractivity contribution >= 4 is 5.91 Å². The topological polar surface area (TPSA) is 96.7 Å². The number of rotatable bonds is 5. The van der Waals surface area contributed by atoms with E-state index in [-0.39, 0.29) is 5.91 Å². The van der Waals surface area contributed by atoms with Gasteiger partial charge in [0.1, 0.15) is 12.2 Å². The highest BCUT2D eigenvalue weighted by Gasteiger charge is 2.11. The van der Waals surface area contributed by atoms with Crippen LogP contribution in [0.3, 0.4) is 0 Å². The summed E-state index contributed by atoms with van der Waals surface area (Å²) in [5.74, 6) is 0.477. The highest BCUT2D eigenvalue weighted by atomic mass is 16.2. The first-order valence-corrected chi connectivity index (χ1v) is 4.61. The van der Waals surface area contributed by atoms with Gasteiger partial charge in [0.2, 0.25) is 5.91 Å². The Morgan fingerprint density at radius 1 is 1.79 bits per heavy atom. The minimum Gasteiger partial charge on any atom is -0.347 e. The van der Waals surface area contributed by atoms with E-state index >= 15 is 0 Å². The normalized spacial score (nSPS) is 12.4. The first-order chi connectivity index (χ1) is 6.74. The van der Waals surface area contributed by atoms with Gasteiger partial charge in [0, 0.05) is 0 Å². The predicted molar refractivity (Wildman–Crippen MR) is 51.1 cm³/mol. The summed E-state index contributed by atoms with van der Waals surface area (Å²) in [6.45, 7) is 2.33. The summed E-state index contributed by atoms with van der Waals surface area (Å²) in [6, 6.07) is -0.428. The van der Waals surface area contributed by atoms with Crippen LogP contribution in [-0.2, 0) is 11.3 Å². The number of aromatic amines is 1. The van der Waals surface area contributed by atoms with Crippen molar-refractivity contribution < 1.29 is 4.79 Å². The predicted octanol–water partition coefficient (Wildman–Crippen LogP) is -0.452. The van der Waals surface area contributed by atoms with E-state index in [1.54, 1.807) is 0 Å². The number of hydrogen-bond donors (Lipinski definition) is 3. The molecule has 14 heavy (non-hydrogen) atoms. The van der Waals surface area contributed by atoms with Gasteiger partial charge in [0.15, 0.2) is 0 Å². The molecule has 0 saturated heterocycles. The van der Waals surface area contributed by atoms with Gasteiger partial charge in [-0.25, -0.2) is 4.98 Å². The van der Waals surface area contributed by atoms with Crippen LogP contribution in [0.1, 0.15) is 25.6 Å². The number of nitrogens with zero attached hydrogens (tertiary/aromatic N) is 2. The SMILES string of the molecule is CCC[C@@H](N)C(=O)NCc1ncn[nH]1. The third-order valence-corrected chi connectivity index (χ3v) is 1.83. The Hall–Kier alpha value is -1.43. The molecule has 1 amide bonds. The van der Waals surface area contributed by atoms with Crippen molar-refractivity contribution in [3.05, 3.63) is 12.2 Å². The Balaban J connectivity index is 2.27. The number of nitrogens with one attached hydrogen (secondary N) is 2. The second kappa shape index (κ2) is 5.33. The monoisotopic (exact) mass is 197 g/mol. The summed E-state index contributed by atoms with van der Waals surface area (Å²) < 4.78 is 0. The van der Waals surface area contributed by atoms with E-state index in [4.69, 9.17) is 5.73 Å². The fourth-order valence-electron chi connectivity index (χ4n) is 1.06. The molecule has 78 valence electrons. The molecular formula is C8H15N5O. The molecule has 0 bridgehead atoms. The molecular weight excluding hydrogens is 182 g/mol. The van der Waals surface area contributed by atoms with Gasteiger partial charge in [-0.3, -0.25) is 9.89 Å². The number of carbonyl (C=O) groups excluding carboxylic acids is 1. The zero-order valence-electron chi connectivity index (χ0n) is 8.16. The summed E-state index contributed by atoms with van der Waals surface area (Å²) in [7, 11) is 0. The molecule has 1 atom stereocenters. The zero-order chi connectivity index (χ0) is 10.4. The van der Waals surface area contributed by atoms with E-state index in [0.717, 1.165) is 6.42 Å². The average Bonchev–Trinajstić information content (AvgIpc) is 2.67. The smallest absolute Gasteiger partial charge is 0.237 e. The van der Waals surface area contributed by atoms with Crippen LogP contribution in [0.25, 0.3) is 0 Å². The highest BCUT2D eigenvalue weighted by Crippen LogP contribution is 1.93. The summed E-state index contributed by atoms with van der Waals surface area (Å²) >= 11 is 0. The molecule has 6 nitrogen and oxygen atoms in total. The van der Waals surface area contributed by atoms with Crippen LogP contribution >= 0.6 is 0 Å². The molecule has 0 saturated carbocycles. The molecule has 1 rings (SSSR count). The number of carbonyl (C=O) groups is 1. The van der Waals surface area contributed by atoms with E-state index in [0.29, 0.717) is 18.8 Å². The molecule has 6 heteroatoms. The van der Waals surface area contributed by atoms with E-state index in [1.807, 2.05) is 6.92 Å². The molecule has 0 aliphatic heterocycles. The van der Waals surface area contributed by atoms with Gasteiger partial charge >= 0.3 is 0 Å². The fourth-order valence-corrected chi connectivity index (χ4v) is 1.06. The summed E-state index contributed by atoms with van der Waals surface area (Å²) in [5, 5.41) is 8.98. The Kier molecular flexibility index (Phi) is 4.06. The number of nitrogens with two attached hydrogens (primary N) is 1. The third-order valence-electron chi connectivity index (χ3n) is 1.83. The lowest BCUT2D eigenvalue weighted by Crippen LogP contribution is -2.40. The Morgan fingerprint density at radius 2 is 2.57 bits per heavy atom. The summed E-state index contributed by atoms with van der Waals surface area (Å²) in [5.41, 5.74) is 5.61. The fraction of sp³-hybridized carbons (Fsp3) is 0.625. The van der Waals surface area contributed by atoms with Crippen molar-refractivity contribution in [2.24, 2.45) is 5.73 Å². The summed E-state index contributed by atoms with van der Waals surface area (Å²) in [6.07, 6.45) is 2.99. The maximum atomic E-state index is 11.3. The summed E-state index contributed by atoms with van der Waals surface area (Å²) in [4.78, 5) is 15.2. The number of hydrogen-bond acceptors (Lipinski definition) is 4. The lowest BCUT2D eigenvalue weighted by atomic mass is 10.2. The zero-order valence-corrected chi connectivity index (χ0v) is 8.16. The molecule has 0 unspecified atom stereocenters. The van der Waals surface area contributed by atoms with Crippen molar-refractivity contribution in [1.29, 1.82) is 0 Å². The molecule has 0 spiro atoms. The maximum Gasteiger partial charge on any atom is 0.237 e. The van der Waals surface area contributed by atoms with Gasteiger partial charge in [-0.1, -0.05) is 13.3 Å². The third kappa shape index (κ3) is 3.14. The molecule has 4 N–H and O–H groups in total. The lowest BCUT2D eigenvalue weighted by Gasteiger charge is -2.09. The van der Waals surface area contributed by atoms with Crippen LogP contribution in [0.15, 0.2) is 6.33 Å². The van der Waals surface area contributed by atoms with E-state index in [2.05, 4.69) is 20.5 Å². The quantitative estimate of drug-likeness (QED) is 0.595. The first-order valence-electron chi connectivity index (χ1n) is 4.61. The number of aromatic nitrogens is 3. The number of amides is 1. The van der Waals surface area contributed by atoms with Crippen molar-refractivity contribution in [3.8, 4) is 0 Å². The Morgan fingerprint density at radius 3 is 3.14 bits per heavy atom. The highest BCUT2D eigenvalue weighted by molar-refractivity contribution is 5.81. The standard InChI is InChI=1S/C8H15N5O/c1-2-3-6(9)8(14)10-4-7-11-5-12-13-7/h5-6H,2-4,9H2,1H3,(H,10,14)(H,11,12,13)/t6-/m1/s1. The molecule has 1 aromatic heterocycles. The Bertz CT molecular complexity index is 271. The minimum absolute atomic E-state index is 0.150. The van der Waals surface area contributed by atoms with Crippen molar-refractivity contribution in [1.82, 2.24) is 20.5 Å². The maximum absolute atomic E-state index is 11.3. The van der Waals surface area contributed by atoms with E-state index < -0.39 is 6.04 Å². The largest absolute Gasteiger partial charge is 0.347 e. The molecule has 0 aliphatic carbocycles. The van der Waals surface area contributed by atoms with Crippen LogP contribution in [0, 0.1) is 0 Å². The molecule has 1 aromatic rings. The average molecular weight is 197 g/mol. The van der Waals surface area contributed by atoms with Gasteiger partial charge in [-0.2, -0.15) is 5.10 Å². The van der Waals surface area contributed by atoms with Crippen LogP contribution < -0.4 is 11.1 Å². The van der Waals surface area contributed by atoms with Crippen LogP contribution in [0.2, 0.25) is 0 Å². The van der Waals surface area contributed by atoms with Crippen LogP contribution in [0.4, 0.5) is 0 Å². The van der Waals surface area contributed by atoms with Gasteiger partial charge in [-0.05, 0) is 6.42 Å². The molecule has 1 heterocycles. The molecule has 0 aromatic carbocycles. The minimum atomic E-state index is -0.428. The molecule has 0 fully saturated rings. The van der Waals surface area contributed by atoms with Crippen LogP contribution in [0.5, 0.6) is 0 Å². The van der Waals surface area contributed by atoms with Gasteiger partial charge in [0.25, 0.3) is 0 Å². The first kappa shape index (κ1) is 10.6. The van der Waals surface area contributed by atoms with Crippen molar-refractivity contribution in [3.63, 3.8) is 0 Å². The van der Waals surface area contributed by atoms with E-state index in [9.17, 15) is 4.79 Å². The number of H-pyrrole nitrogens is 1. The van der Waals surface area contributed by atoms with Gasteiger partial charge < -0.3 is 11.1 Å². The Labute approximate surface area is 82.3 Å². The van der Waals surface area contributed by atoms with E-state index in [1.165, 1.54) is 6.33 Å².